The Morgan fingerprint density at radius 3 is 2.19 bits per heavy atom. The molecule has 0 bridgehead atoms. The topological polar surface area (TPSA) is 128 Å². The molecule has 0 aromatic heterocycles. The van der Waals surface area contributed by atoms with Crippen molar-refractivity contribution in [3.8, 4) is 0 Å². The molecule has 0 unspecified atom stereocenters. The van der Waals surface area contributed by atoms with Crippen LogP contribution in [0.5, 0.6) is 0 Å². The molecule has 0 aliphatic rings. The van der Waals surface area contributed by atoms with Crippen LogP contribution in [-0.2, 0) is 20.9 Å². The zero-order valence-corrected chi connectivity index (χ0v) is 15.5. The number of nitrogens with one attached hydrogen (secondary N) is 3. The van der Waals surface area contributed by atoms with Crippen molar-refractivity contribution in [2.24, 2.45) is 0 Å². The molecule has 8 heteroatoms. The van der Waals surface area contributed by atoms with E-state index >= 15 is 0 Å². The van der Waals surface area contributed by atoms with E-state index in [1.807, 2.05) is 18.2 Å². The summed E-state index contributed by atoms with van der Waals surface area (Å²) in [6.07, 6.45) is 3.84. The number of aliphatic hydroxyl groups is 1. The third-order valence-electron chi connectivity index (χ3n) is 3.71. The molecule has 1 aromatic rings. The summed E-state index contributed by atoms with van der Waals surface area (Å²) in [7, 11) is 0. The van der Waals surface area contributed by atoms with Gasteiger partial charge in [-0.15, -0.1) is 0 Å². The van der Waals surface area contributed by atoms with Crippen LogP contribution in [0.25, 0.3) is 0 Å². The Kier molecular flexibility index (Phi) is 10.1. The number of carbonyl (C=O) groups excluding carboxylic acids is 2. The van der Waals surface area contributed by atoms with Gasteiger partial charge in [0.25, 0.3) is 11.8 Å². The molecule has 1 aromatic carbocycles. The maximum absolute atomic E-state index is 12.4. The first-order chi connectivity index (χ1) is 13.0. The number of rotatable bonds is 12. The minimum absolute atomic E-state index is 0.166. The highest BCUT2D eigenvalue weighted by molar-refractivity contribution is 6.19. The third-order valence-corrected chi connectivity index (χ3v) is 3.71. The SMILES string of the molecule is CCCCCCN/C(O)=C(/C(=O)NCC(=O)O)C(=O)NCc1ccccc1. The molecular formula is C19H27N3O5. The van der Waals surface area contributed by atoms with Crippen molar-refractivity contribution >= 4 is 17.8 Å². The number of carboxylic acid groups (broad SMARTS) is 1. The van der Waals surface area contributed by atoms with E-state index in [-0.39, 0.29) is 6.54 Å². The van der Waals surface area contributed by atoms with Crippen LogP contribution in [0.1, 0.15) is 38.2 Å². The van der Waals surface area contributed by atoms with E-state index < -0.39 is 35.8 Å². The summed E-state index contributed by atoms with van der Waals surface area (Å²) < 4.78 is 0. The Bertz CT molecular complexity index is 659. The number of carboxylic acids is 1. The second-order valence-corrected chi connectivity index (χ2v) is 5.96. The van der Waals surface area contributed by atoms with E-state index in [0.29, 0.717) is 6.54 Å². The Balaban J connectivity index is 2.78. The molecular weight excluding hydrogens is 350 g/mol. The molecule has 0 spiro atoms. The highest BCUT2D eigenvalue weighted by Crippen LogP contribution is 2.04. The summed E-state index contributed by atoms with van der Waals surface area (Å²) in [4.78, 5) is 35.2. The van der Waals surface area contributed by atoms with Crippen molar-refractivity contribution in [2.75, 3.05) is 13.1 Å². The Hall–Kier alpha value is -3.03. The average Bonchev–Trinajstić information content (AvgIpc) is 2.65. The van der Waals surface area contributed by atoms with Gasteiger partial charge in [-0.3, -0.25) is 14.4 Å². The molecule has 0 fully saturated rings. The maximum atomic E-state index is 12.4. The number of carbonyl (C=O) groups is 3. The van der Waals surface area contributed by atoms with Crippen molar-refractivity contribution in [3.63, 3.8) is 0 Å². The van der Waals surface area contributed by atoms with Crippen LogP contribution < -0.4 is 16.0 Å². The first kappa shape index (κ1) is 22.0. The van der Waals surface area contributed by atoms with E-state index in [1.54, 1.807) is 12.1 Å². The van der Waals surface area contributed by atoms with E-state index in [9.17, 15) is 19.5 Å². The van der Waals surface area contributed by atoms with Gasteiger partial charge in [0.05, 0.1) is 0 Å². The van der Waals surface area contributed by atoms with Crippen LogP contribution in [0.4, 0.5) is 0 Å². The van der Waals surface area contributed by atoms with Gasteiger partial charge in [-0.1, -0.05) is 56.5 Å². The smallest absolute Gasteiger partial charge is 0.322 e. The van der Waals surface area contributed by atoms with Crippen LogP contribution >= 0.6 is 0 Å². The summed E-state index contributed by atoms with van der Waals surface area (Å²) in [5.41, 5.74) is 0.283. The number of unbranched alkanes of at least 4 members (excludes halogenated alkanes) is 3. The van der Waals surface area contributed by atoms with Gasteiger partial charge >= 0.3 is 5.97 Å². The largest absolute Gasteiger partial charge is 0.494 e. The molecule has 0 radical (unpaired) electrons. The molecule has 0 atom stereocenters. The van der Waals surface area contributed by atoms with Gasteiger partial charge in [-0.2, -0.15) is 0 Å². The number of hydrogen-bond acceptors (Lipinski definition) is 5. The quantitative estimate of drug-likeness (QED) is 0.123. The number of amides is 2. The van der Waals surface area contributed by atoms with Gasteiger partial charge in [0.15, 0.2) is 5.57 Å². The van der Waals surface area contributed by atoms with Gasteiger partial charge < -0.3 is 26.2 Å². The summed E-state index contributed by atoms with van der Waals surface area (Å²) in [6, 6.07) is 9.07. The lowest BCUT2D eigenvalue weighted by Crippen LogP contribution is -2.39. The van der Waals surface area contributed by atoms with Crippen molar-refractivity contribution in [2.45, 2.75) is 39.2 Å². The van der Waals surface area contributed by atoms with Crippen LogP contribution in [0.2, 0.25) is 0 Å². The van der Waals surface area contributed by atoms with Crippen molar-refractivity contribution in [1.82, 2.24) is 16.0 Å². The zero-order valence-electron chi connectivity index (χ0n) is 15.5. The van der Waals surface area contributed by atoms with Gasteiger partial charge in [0, 0.05) is 13.1 Å². The molecule has 27 heavy (non-hydrogen) atoms. The van der Waals surface area contributed by atoms with E-state index in [0.717, 1.165) is 31.2 Å². The monoisotopic (exact) mass is 377 g/mol. The zero-order chi connectivity index (χ0) is 20.1. The summed E-state index contributed by atoms with van der Waals surface area (Å²) in [5, 5.41) is 26.2. The lowest BCUT2D eigenvalue weighted by atomic mass is 10.2. The fourth-order valence-electron chi connectivity index (χ4n) is 2.28. The second-order valence-electron chi connectivity index (χ2n) is 5.96. The number of aliphatic hydroxyl groups excluding tert-OH is 1. The van der Waals surface area contributed by atoms with E-state index in [4.69, 9.17) is 5.11 Å². The predicted molar refractivity (Wildman–Crippen MR) is 101 cm³/mol. The van der Waals surface area contributed by atoms with Crippen molar-refractivity contribution in [3.05, 3.63) is 47.4 Å². The van der Waals surface area contributed by atoms with Crippen LogP contribution in [0.3, 0.4) is 0 Å². The first-order valence-corrected chi connectivity index (χ1v) is 8.95. The fraction of sp³-hybridized carbons (Fsp3) is 0.421. The minimum atomic E-state index is -1.25. The molecule has 2 amide bonds. The molecule has 0 aliphatic heterocycles. The first-order valence-electron chi connectivity index (χ1n) is 8.95. The van der Waals surface area contributed by atoms with Gasteiger partial charge in [0.1, 0.15) is 6.54 Å². The van der Waals surface area contributed by atoms with Gasteiger partial charge in [0.2, 0.25) is 5.88 Å². The highest BCUT2D eigenvalue weighted by atomic mass is 16.4. The van der Waals surface area contributed by atoms with E-state index in [1.165, 1.54) is 0 Å². The number of benzene rings is 1. The molecule has 5 N–H and O–H groups in total. The van der Waals surface area contributed by atoms with Crippen molar-refractivity contribution < 1.29 is 24.6 Å². The standard InChI is InChI=1S/C19H27N3O5/c1-2-3-4-8-11-20-17(25)16(19(27)22-13-15(23)24)18(26)21-12-14-9-6-5-7-10-14/h5-7,9-10,20,25H,2-4,8,11-13H2,1H3,(H,21,26)(H,22,27)(H,23,24)/b17-16-. The molecule has 8 nitrogen and oxygen atoms in total. The maximum Gasteiger partial charge on any atom is 0.322 e. The lowest BCUT2D eigenvalue weighted by Gasteiger charge is -2.13. The average molecular weight is 377 g/mol. The van der Waals surface area contributed by atoms with Crippen molar-refractivity contribution in [1.29, 1.82) is 0 Å². The Morgan fingerprint density at radius 1 is 0.889 bits per heavy atom. The summed E-state index contributed by atoms with van der Waals surface area (Å²) in [5.74, 6) is -3.57. The minimum Gasteiger partial charge on any atom is -0.494 e. The Labute approximate surface area is 158 Å². The molecule has 0 aliphatic carbocycles. The molecule has 0 saturated heterocycles. The van der Waals surface area contributed by atoms with Crippen LogP contribution in [0.15, 0.2) is 41.8 Å². The predicted octanol–water partition coefficient (Wildman–Crippen LogP) is 1.44. The second kappa shape index (κ2) is 12.3. The molecule has 148 valence electrons. The summed E-state index contributed by atoms with van der Waals surface area (Å²) in [6.45, 7) is 1.98. The molecule has 1 rings (SSSR count). The molecule has 0 saturated carbocycles. The third kappa shape index (κ3) is 8.75. The Morgan fingerprint density at radius 2 is 1.56 bits per heavy atom. The van der Waals surface area contributed by atoms with Gasteiger partial charge in [-0.05, 0) is 12.0 Å². The fourth-order valence-corrected chi connectivity index (χ4v) is 2.28. The lowest BCUT2D eigenvalue weighted by molar-refractivity contribution is -0.138. The number of aliphatic carboxylic acids is 1. The van der Waals surface area contributed by atoms with E-state index in [2.05, 4.69) is 22.9 Å². The molecule has 0 heterocycles. The number of hydrogen-bond donors (Lipinski definition) is 5. The normalized spacial score (nSPS) is 11.3. The highest BCUT2D eigenvalue weighted by Gasteiger charge is 2.24. The van der Waals surface area contributed by atoms with Gasteiger partial charge in [-0.25, -0.2) is 0 Å². The van der Waals surface area contributed by atoms with Crippen LogP contribution in [-0.4, -0.2) is 41.1 Å². The summed E-state index contributed by atoms with van der Waals surface area (Å²) >= 11 is 0. The van der Waals surface area contributed by atoms with Crippen LogP contribution in [0, 0.1) is 0 Å².